The van der Waals surface area contributed by atoms with Gasteiger partial charge in [0.05, 0.1) is 11.5 Å². The van der Waals surface area contributed by atoms with Crippen molar-refractivity contribution in [2.45, 2.75) is 13.5 Å². The van der Waals surface area contributed by atoms with Crippen molar-refractivity contribution in [2.75, 3.05) is 0 Å². The Balaban J connectivity index is 3.17. The molecule has 0 saturated heterocycles. The zero-order valence-corrected chi connectivity index (χ0v) is 5.87. The number of hydrogen-bond donors (Lipinski definition) is 2. The monoisotopic (exact) mass is 157 g/mol. The van der Waals surface area contributed by atoms with Crippen molar-refractivity contribution in [2.24, 2.45) is 0 Å². The van der Waals surface area contributed by atoms with E-state index in [0.29, 0.717) is 5.69 Å². The second kappa shape index (κ2) is 2.67. The molecule has 0 spiro atoms. The summed E-state index contributed by atoms with van der Waals surface area (Å²) in [6, 6.07) is 0. The van der Waals surface area contributed by atoms with Crippen molar-refractivity contribution in [1.82, 2.24) is 10.2 Å². The molecule has 0 aliphatic rings. The lowest BCUT2D eigenvalue weighted by atomic mass is 10.3. The van der Waals surface area contributed by atoms with Crippen molar-refractivity contribution in [3.8, 4) is 0 Å². The molecule has 0 saturated carbocycles. The Bertz CT molecular complexity index is 281. The number of aliphatic hydroxyl groups excluding tert-OH is 1. The number of aryl methyl sites for hydroxylation is 1. The summed E-state index contributed by atoms with van der Waals surface area (Å²) < 4.78 is 0. The summed E-state index contributed by atoms with van der Waals surface area (Å²) in [5.41, 5.74) is 0.305. The van der Waals surface area contributed by atoms with Crippen LogP contribution in [0.2, 0.25) is 0 Å². The number of rotatable bonds is 2. The first-order valence-corrected chi connectivity index (χ1v) is 2.96. The molecule has 11 heavy (non-hydrogen) atoms. The Morgan fingerprint density at radius 2 is 2.45 bits per heavy atom. The highest BCUT2D eigenvalue weighted by Gasteiger charge is 2.19. The van der Waals surface area contributed by atoms with Crippen LogP contribution in [0.25, 0.3) is 0 Å². The molecule has 60 valence electrons. The van der Waals surface area contributed by atoms with Gasteiger partial charge in [0.25, 0.3) is 0 Å². The SMILES string of the molecule is Cc1[nH]nc(CO)c1[N+](=O)[O-]. The van der Waals surface area contributed by atoms with E-state index in [-0.39, 0.29) is 11.4 Å². The molecule has 2 N–H and O–H groups in total. The third kappa shape index (κ3) is 1.20. The minimum absolute atomic E-state index is 0.0764. The quantitative estimate of drug-likeness (QED) is 0.471. The molecular weight excluding hydrogens is 150 g/mol. The van der Waals surface area contributed by atoms with Crippen LogP contribution < -0.4 is 0 Å². The summed E-state index contributed by atoms with van der Waals surface area (Å²) in [4.78, 5) is 9.73. The molecule has 0 aliphatic carbocycles. The summed E-state index contributed by atoms with van der Waals surface area (Å²) in [7, 11) is 0. The lowest BCUT2D eigenvalue weighted by Gasteiger charge is -1.88. The van der Waals surface area contributed by atoms with E-state index in [9.17, 15) is 10.1 Å². The molecule has 0 aromatic carbocycles. The third-order valence-electron chi connectivity index (χ3n) is 1.32. The zero-order chi connectivity index (χ0) is 8.43. The number of aliphatic hydroxyl groups is 1. The third-order valence-corrected chi connectivity index (χ3v) is 1.32. The Morgan fingerprint density at radius 3 is 2.82 bits per heavy atom. The van der Waals surface area contributed by atoms with Gasteiger partial charge in [0.15, 0.2) is 5.69 Å². The molecule has 0 atom stereocenters. The van der Waals surface area contributed by atoms with Gasteiger partial charge >= 0.3 is 5.69 Å². The lowest BCUT2D eigenvalue weighted by Crippen LogP contribution is -1.93. The molecule has 6 nitrogen and oxygen atoms in total. The summed E-state index contributed by atoms with van der Waals surface area (Å²) >= 11 is 0. The molecule has 1 heterocycles. The van der Waals surface area contributed by atoms with Gasteiger partial charge in [-0.25, -0.2) is 0 Å². The number of H-pyrrole nitrogens is 1. The number of aromatic amines is 1. The van der Waals surface area contributed by atoms with Crippen LogP contribution in [0.5, 0.6) is 0 Å². The molecule has 6 heteroatoms. The highest BCUT2D eigenvalue weighted by atomic mass is 16.6. The van der Waals surface area contributed by atoms with Crippen LogP contribution in [-0.4, -0.2) is 20.2 Å². The normalized spacial score (nSPS) is 10.0. The molecule has 1 aromatic rings. The van der Waals surface area contributed by atoms with E-state index >= 15 is 0 Å². The second-order valence-corrected chi connectivity index (χ2v) is 2.06. The molecule has 0 radical (unpaired) electrons. The summed E-state index contributed by atoms with van der Waals surface area (Å²) in [6.45, 7) is 1.12. The summed E-state index contributed by atoms with van der Waals surface area (Å²) in [6.07, 6.45) is 0. The molecular formula is C5H7N3O3. The minimum atomic E-state index is -0.565. The molecule has 0 fully saturated rings. The van der Waals surface area contributed by atoms with Crippen molar-refractivity contribution in [3.63, 3.8) is 0 Å². The van der Waals surface area contributed by atoms with Gasteiger partial charge in [-0.15, -0.1) is 0 Å². The second-order valence-electron chi connectivity index (χ2n) is 2.06. The van der Waals surface area contributed by atoms with Crippen LogP contribution in [-0.2, 0) is 6.61 Å². The van der Waals surface area contributed by atoms with E-state index in [4.69, 9.17) is 5.11 Å². The fourth-order valence-corrected chi connectivity index (χ4v) is 0.826. The first-order chi connectivity index (χ1) is 5.16. The Hall–Kier alpha value is -1.43. The van der Waals surface area contributed by atoms with Crippen LogP contribution in [0.15, 0.2) is 0 Å². The molecule has 1 aromatic heterocycles. The molecule has 0 bridgehead atoms. The Labute approximate surface area is 62.0 Å². The van der Waals surface area contributed by atoms with Gasteiger partial charge < -0.3 is 5.11 Å². The Morgan fingerprint density at radius 1 is 1.82 bits per heavy atom. The van der Waals surface area contributed by atoms with Gasteiger partial charge in [-0.1, -0.05) is 0 Å². The average molecular weight is 157 g/mol. The molecule has 0 amide bonds. The Kier molecular flexibility index (Phi) is 1.86. The minimum Gasteiger partial charge on any atom is -0.390 e. The van der Waals surface area contributed by atoms with E-state index in [2.05, 4.69) is 10.2 Å². The van der Waals surface area contributed by atoms with Gasteiger partial charge in [0.2, 0.25) is 0 Å². The fourth-order valence-electron chi connectivity index (χ4n) is 0.826. The smallest absolute Gasteiger partial charge is 0.315 e. The first-order valence-electron chi connectivity index (χ1n) is 2.96. The van der Waals surface area contributed by atoms with Gasteiger partial charge in [0.1, 0.15) is 5.69 Å². The first kappa shape index (κ1) is 7.67. The van der Waals surface area contributed by atoms with Crippen LogP contribution in [0.1, 0.15) is 11.4 Å². The number of nitrogens with one attached hydrogen (secondary N) is 1. The van der Waals surface area contributed by atoms with E-state index in [1.807, 2.05) is 0 Å². The number of aromatic nitrogens is 2. The number of nitro groups is 1. The van der Waals surface area contributed by atoms with E-state index < -0.39 is 11.5 Å². The van der Waals surface area contributed by atoms with E-state index in [0.717, 1.165) is 0 Å². The fraction of sp³-hybridized carbons (Fsp3) is 0.400. The molecule has 0 unspecified atom stereocenters. The standard InChI is InChI=1S/C5H7N3O3/c1-3-5(8(10)11)4(2-9)7-6-3/h9H,2H2,1H3,(H,6,7). The van der Waals surface area contributed by atoms with Gasteiger partial charge in [0, 0.05) is 0 Å². The lowest BCUT2D eigenvalue weighted by molar-refractivity contribution is -0.386. The summed E-state index contributed by atoms with van der Waals surface area (Å²) in [5, 5.41) is 24.8. The largest absolute Gasteiger partial charge is 0.390 e. The van der Waals surface area contributed by atoms with Crippen LogP contribution in [0.4, 0.5) is 5.69 Å². The van der Waals surface area contributed by atoms with Crippen molar-refractivity contribution in [1.29, 1.82) is 0 Å². The zero-order valence-electron chi connectivity index (χ0n) is 5.87. The predicted molar refractivity (Wildman–Crippen MR) is 35.9 cm³/mol. The summed E-state index contributed by atoms with van der Waals surface area (Å²) in [5.74, 6) is 0. The van der Waals surface area contributed by atoms with E-state index in [1.165, 1.54) is 6.92 Å². The number of hydrogen-bond acceptors (Lipinski definition) is 4. The van der Waals surface area contributed by atoms with Gasteiger partial charge in [-0.2, -0.15) is 5.10 Å². The van der Waals surface area contributed by atoms with Crippen molar-refractivity contribution in [3.05, 3.63) is 21.5 Å². The highest BCUT2D eigenvalue weighted by molar-refractivity contribution is 5.38. The van der Waals surface area contributed by atoms with Crippen molar-refractivity contribution >= 4 is 5.69 Å². The predicted octanol–water partition coefficient (Wildman–Crippen LogP) is 0.119. The topological polar surface area (TPSA) is 92.0 Å². The van der Waals surface area contributed by atoms with Crippen LogP contribution >= 0.6 is 0 Å². The molecule has 1 rings (SSSR count). The highest BCUT2D eigenvalue weighted by Crippen LogP contribution is 2.19. The molecule has 0 aliphatic heterocycles. The van der Waals surface area contributed by atoms with Crippen LogP contribution in [0.3, 0.4) is 0 Å². The van der Waals surface area contributed by atoms with Gasteiger partial charge in [-0.05, 0) is 6.92 Å². The van der Waals surface area contributed by atoms with Gasteiger partial charge in [-0.3, -0.25) is 15.2 Å². The number of nitrogens with zero attached hydrogens (tertiary/aromatic N) is 2. The average Bonchev–Trinajstić information content (AvgIpc) is 2.30. The maximum Gasteiger partial charge on any atom is 0.315 e. The maximum atomic E-state index is 10.3. The van der Waals surface area contributed by atoms with Crippen LogP contribution in [0, 0.1) is 17.0 Å². The van der Waals surface area contributed by atoms with Crippen molar-refractivity contribution < 1.29 is 10.0 Å². The maximum absolute atomic E-state index is 10.3. The van der Waals surface area contributed by atoms with E-state index in [1.54, 1.807) is 0 Å².